The molecule has 0 aliphatic heterocycles. The van der Waals surface area contributed by atoms with Crippen LogP contribution in [0.25, 0.3) is 0 Å². The summed E-state index contributed by atoms with van der Waals surface area (Å²) in [5, 5.41) is 0.164. The van der Waals surface area contributed by atoms with Gasteiger partial charge in [-0.1, -0.05) is 17.7 Å². The maximum absolute atomic E-state index is 13.6. The van der Waals surface area contributed by atoms with Gasteiger partial charge in [-0.05, 0) is 42.8 Å². The number of sulfonamides is 1. The van der Waals surface area contributed by atoms with Gasteiger partial charge in [0.2, 0.25) is 0 Å². The highest BCUT2D eigenvalue weighted by molar-refractivity contribution is 7.92. The Labute approximate surface area is 134 Å². The van der Waals surface area contributed by atoms with Crippen LogP contribution < -0.4 is 4.72 Å². The Morgan fingerprint density at radius 1 is 1.09 bits per heavy atom. The summed E-state index contributed by atoms with van der Waals surface area (Å²) in [6, 6.07) is 5.24. The van der Waals surface area contributed by atoms with Crippen LogP contribution >= 0.6 is 11.6 Å². The third kappa shape index (κ3) is 3.94. The van der Waals surface area contributed by atoms with Crippen LogP contribution in [0.4, 0.5) is 23.2 Å². The number of hydrogen-bond acceptors (Lipinski definition) is 2. The first-order valence-corrected chi connectivity index (χ1v) is 8.02. The van der Waals surface area contributed by atoms with Gasteiger partial charge in [-0.2, -0.15) is 13.2 Å². The minimum Gasteiger partial charge on any atom is -0.277 e. The first-order valence-electron chi connectivity index (χ1n) is 6.16. The number of aryl methyl sites for hydroxylation is 1. The van der Waals surface area contributed by atoms with E-state index in [1.54, 1.807) is 11.6 Å². The molecule has 0 spiro atoms. The molecule has 0 radical (unpaired) electrons. The molecule has 0 atom stereocenters. The molecule has 3 nitrogen and oxygen atoms in total. The molecular formula is C14H10ClF4NO2S. The van der Waals surface area contributed by atoms with E-state index >= 15 is 0 Å². The molecular weight excluding hydrogens is 358 g/mol. The van der Waals surface area contributed by atoms with Crippen LogP contribution in [0.1, 0.15) is 11.1 Å². The van der Waals surface area contributed by atoms with Crippen LogP contribution in [0.15, 0.2) is 41.3 Å². The first kappa shape index (κ1) is 17.6. The van der Waals surface area contributed by atoms with Gasteiger partial charge in [0, 0.05) is 5.02 Å². The molecule has 0 aliphatic carbocycles. The van der Waals surface area contributed by atoms with E-state index in [9.17, 15) is 26.0 Å². The highest BCUT2D eigenvalue weighted by Crippen LogP contribution is 2.32. The standard InChI is InChI=1S/C14H10ClF4NO2S/c1-8-2-4-10(7-11(8)15)23(21,22)20-13-6-9(14(17,18)19)3-5-12(13)16/h2-7,20H,1H3. The summed E-state index contributed by atoms with van der Waals surface area (Å²) in [5.74, 6) is -1.13. The van der Waals surface area contributed by atoms with E-state index in [0.29, 0.717) is 23.8 Å². The molecule has 124 valence electrons. The lowest BCUT2D eigenvalue weighted by molar-refractivity contribution is -0.137. The van der Waals surface area contributed by atoms with Gasteiger partial charge in [-0.25, -0.2) is 12.8 Å². The lowest BCUT2D eigenvalue weighted by Crippen LogP contribution is -2.15. The average molecular weight is 368 g/mol. The van der Waals surface area contributed by atoms with Crippen molar-refractivity contribution in [3.8, 4) is 0 Å². The highest BCUT2D eigenvalue weighted by Gasteiger charge is 2.31. The SMILES string of the molecule is Cc1ccc(S(=O)(=O)Nc2cc(C(F)(F)F)ccc2F)cc1Cl. The minimum atomic E-state index is -4.72. The van der Waals surface area contributed by atoms with E-state index in [0.717, 1.165) is 6.07 Å². The molecule has 9 heteroatoms. The number of nitrogens with one attached hydrogen (secondary N) is 1. The molecule has 0 saturated heterocycles. The fraction of sp³-hybridized carbons (Fsp3) is 0.143. The second-order valence-electron chi connectivity index (χ2n) is 4.71. The molecule has 2 aromatic rings. The zero-order valence-corrected chi connectivity index (χ0v) is 13.2. The fourth-order valence-electron chi connectivity index (χ4n) is 1.72. The Morgan fingerprint density at radius 3 is 2.30 bits per heavy atom. The fourth-order valence-corrected chi connectivity index (χ4v) is 3.05. The Balaban J connectivity index is 2.42. The van der Waals surface area contributed by atoms with E-state index in [-0.39, 0.29) is 9.92 Å². The van der Waals surface area contributed by atoms with Gasteiger partial charge in [-0.15, -0.1) is 0 Å². The Bertz CT molecular complexity index is 850. The van der Waals surface area contributed by atoms with Crippen molar-refractivity contribution in [1.82, 2.24) is 0 Å². The van der Waals surface area contributed by atoms with Crippen LogP contribution in [-0.2, 0) is 16.2 Å². The highest BCUT2D eigenvalue weighted by atomic mass is 35.5. The zero-order chi connectivity index (χ0) is 17.4. The Morgan fingerprint density at radius 2 is 1.74 bits per heavy atom. The molecule has 0 aromatic heterocycles. The molecule has 1 N–H and O–H groups in total. The maximum Gasteiger partial charge on any atom is 0.416 e. The zero-order valence-electron chi connectivity index (χ0n) is 11.6. The van der Waals surface area contributed by atoms with Crippen molar-refractivity contribution in [2.75, 3.05) is 4.72 Å². The smallest absolute Gasteiger partial charge is 0.277 e. The molecule has 0 fully saturated rings. The van der Waals surface area contributed by atoms with Gasteiger partial charge < -0.3 is 0 Å². The molecule has 2 aromatic carbocycles. The third-order valence-corrected chi connectivity index (χ3v) is 4.76. The van der Waals surface area contributed by atoms with Gasteiger partial charge in [-0.3, -0.25) is 4.72 Å². The van der Waals surface area contributed by atoms with Crippen molar-refractivity contribution < 1.29 is 26.0 Å². The first-order chi connectivity index (χ1) is 10.5. The minimum absolute atomic E-state index is 0.164. The summed E-state index contributed by atoms with van der Waals surface area (Å²) in [5.41, 5.74) is -1.34. The van der Waals surface area contributed by atoms with Crippen LogP contribution in [0.2, 0.25) is 5.02 Å². The normalized spacial score (nSPS) is 12.3. The van der Waals surface area contributed by atoms with E-state index in [1.165, 1.54) is 12.1 Å². The van der Waals surface area contributed by atoms with E-state index in [1.807, 2.05) is 0 Å². The number of alkyl halides is 3. The predicted molar refractivity (Wildman–Crippen MR) is 78.4 cm³/mol. The largest absolute Gasteiger partial charge is 0.416 e. The van der Waals surface area contributed by atoms with Crippen molar-refractivity contribution in [2.24, 2.45) is 0 Å². The lowest BCUT2D eigenvalue weighted by atomic mass is 10.2. The predicted octanol–water partition coefficient (Wildman–Crippen LogP) is 4.61. The molecule has 0 bridgehead atoms. The van der Waals surface area contributed by atoms with Crippen LogP contribution in [-0.4, -0.2) is 8.42 Å². The van der Waals surface area contributed by atoms with Gasteiger partial charge in [0.25, 0.3) is 10.0 Å². The summed E-state index contributed by atoms with van der Waals surface area (Å²) < 4.78 is 77.7. The molecule has 2 rings (SSSR count). The van der Waals surface area contributed by atoms with E-state index in [4.69, 9.17) is 11.6 Å². The number of rotatable bonds is 3. The molecule has 23 heavy (non-hydrogen) atoms. The average Bonchev–Trinajstić information content (AvgIpc) is 2.42. The van der Waals surface area contributed by atoms with Crippen molar-refractivity contribution in [1.29, 1.82) is 0 Å². The molecule has 0 saturated carbocycles. The monoisotopic (exact) mass is 367 g/mol. The van der Waals surface area contributed by atoms with E-state index in [2.05, 4.69) is 0 Å². The van der Waals surface area contributed by atoms with Crippen molar-refractivity contribution in [3.63, 3.8) is 0 Å². The molecule has 0 aliphatic rings. The summed E-state index contributed by atoms with van der Waals surface area (Å²) >= 11 is 5.82. The second-order valence-corrected chi connectivity index (χ2v) is 6.80. The van der Waals surface area contributed by atoms with Gasteiger partial charge in [0.15, 0.2) is 0 Å². The number of benzene rings is 2. The molecule has 0 amide bonds. The van der Waals surface area contributed by atoms with E-state index < -0.39 is 33.3 Å². The Kier molecular flexibility index (Phi) is 4.59. The number of hydrogen-bond donors (Lipinski definition) is 1. The molecule has 0 heterocycles. The topological polar surface area (TPSA) is 46.2 Å². The third-order valence-electron chi connectivity index (χ3n) is 2.99. The van der Waals surface area contributed by atoms with Gasteiger partial charge >= 0.3 is 6.18 Å². The maximum atomic E-state index is 13.6. The summed E-state index contributed by atoms with van der Waals surface area (Å²) in [6.45, 7) is 1.65. The number of anilines is 1. The summed E-state index contributed by atoms with van der Waals surface area (Å²) in [7, 11) is -4.28. The number of halogens is 5. The quantitative estimate of drug-likeness (QED) is 0.805. The molecule has 0 unspecified atom stereocenters. The van der Waals surface area contributed by atoms with Crippen LogP contribution in [0, 0.1) is 12.7 Å². The van der Waals surface area contributed by atoms with Crippen LogP contribution in [0.5, 0.6) is 0 Å². The second kappa shape index (κ2) is 6.01. The summed E-state index contributed by atoms with van der Waals surface area (Å²) in [6.07, 6.45) is -4.72. The lowest BCUT2D eigenvalue weighted by Gasteiger charge is -2.12. The Hall–Kier alpha value is -1.80. The summed E-state index contributed by atoms with van der Waals surface area (Å²) in [4.78, 5) is -0.287. The van der Waals surface area contributed by atoms with Crippen molar-refractivity contribution in [2.45, 2.75) is 18.0 Å². The van der Waals surface area contributed by atoms with Crippen molar-refractivity contribution >= 4 is 27.3 Å². The van der Waals surface area contributed by atoms with Crippen molar-refractivity contribution in [3.05, 3.63) is 58.4 Å². The van der Waals surface area contributed by atoms with Gasteiger partial charge in [0.1, 0.15) is 5.82 Å². The van der Waals surface area contributed by atoms with Gasteiger partial charge in [0.05, 0.1) is 16.1 Å². The van der Waals surface area contributed by atoms with Crippen LogP contribution in [0.3, 0.4) is 0 Å².